The number of fused-ring (bicyclic) bond motifs is 1. The number of hydrogen-bond acceptors (Lipinski definition) is 5. The number of thiazole rings is 2. The van der Waals surface area contributed by atoms with Crippen molar-refractivity contribution in [2.45, 2.75) is 26.9 Å². The first kappa shape index (κ1) is 20.3. The average Bonchev–Trinajstić information content (AvgIpc) is 3.15. The number of benzene rings is 1. The van der Waals surface area contributed by atoms with Gasteiger partial charge in [0, 0.05) is 22.6 Å². The van der Waals surface area contributed by atoms with Crippen LogP contribution in [0.2, 0.25) is 5.02 Å². The van der Waals surface area contributed by atoms with Gasteiger partial charge in [-0.05, 0) is 32.0 Å². The van der Waals surface area contributed by atoms with Crippen molar-refractivity contribution in [3.8, 4) is 0 Å². The number of halogens is 2. The number of guanidine groups is 1. The van der Waals surface area contributed by atoms with E-state index >= 15 is 0 Å². The molecule has 0 saturated heterocycles. The highest BCUT2D eigenvalue weighted by atomic mass is 127. The molecule has 0 radical (unpaired) electrons. The Hall–Kier alpha value is -0.970. The minimum absolute atomic E-state index is 0. The second kappa shape index (κ2) is 9.65. The van der Waals surface area contributed by atoms with Gasteiger partial charge in [0.1, 0.15) is 10.0 Å². The summed E-state index contributed by atoms with van der Waals surface area (Å²) in [7, 11) is 0. The molecule has 25 heavy (non-hydrogen) atoms. The SMILES string of the molecule is CCNC(=NCc1nc2cc(Cl)ccc2s1)NCc1nc(C)cs1.I. The fourth-order valence-corrected chi connectivity index (χ4v) is 3.90. The predicted octanol–water partition coefficient (Wildman–Crippen LogP) is 4.59. The van der Waals surface area contributed by atoms with Gasteiger partial charge in [-0.3, -0.25) is 0 Å². The molecule has 2 heterocycles. The van der Waals surface area contributed by atoms with Crippen LogP contribution in [0.1, 0.15) is 22.6 Å². The molecule has 2 aromatic heterocycles. The van der Waals surface area contributed by atoms with E-state index in [2.05, 4.69) is 25.6 Å². The minimum atomic E-state index is 0. The highest BCUT2D eigenvalue weighted by Gasteiger charge is 2.05. The Bertz CT molecular complexity index is 861. The van der Waals surface area contributed by atoms with Crippen molar-refractivity contribution in [1.29, 1.82) is 0 Å². The van der Waals surface area contributed by atoms with Crippen molar-refractivity contribution in [3.05, 3.63) is 44.3 Å². The van der Waals surface area contributed by atoms with Crippen molar-refractivity contribution in [3.63, 3.8) is 0 Å². The number of aryl methyl sites for hydroxylation is 1. The van der Waals surface area contributed by atoms with Crippen molar-refractivity contribution < 1.29 is 0 Å². The van der Waals surface area contributed by atoms with Crippen molar-refractivity contribution in [2.24, 2.45) is 4.99 Å². The van der Waals surface area contributed by atoms with Gasteiger partial charge in [-0.2, -0.15) is 0 Å². The second-order valence-corrected chi connectivity index (χ2v) is 7.65. The van der Waals surface area contributed by atoms with Gasteiger partial charge >= 0.3 is 0 Å². The Kier molecular flexibility index (Phi) is 7.85. The number of aliphatic imine (C=N–C) groups is 1. The van der Waals surface area contributed by atoms with Gasteiger partial charge in [-0.15, -0.1) is 46.7 Å². The minimum Gasteiger partial charge on any atom is -0.357 e. The molecular weight excluding hydrogens is 489 g/mol. The van der Waals surface area contributed by atoms with Crippen LogP contribution in [-0.2, 0) is 13.1 Å². The molecule has 0 aliphatic rings. The van der Waals surface area contributed by atoms with Gasteiger partial charge in [-0.1, -0.05) is 11.6 Å². The number of rotatable bonds is 5. The topological polar surface area (TPSA) is 62.2 Å². The van der Waals surface area contributed by atoms with Crippen molar-refractivity contribution >= 4 is 74.4 Å². The molecule has 0 fully saturated rings. The first-order chi connectivity index (χ1) is 11.6. The zero-order chi connectivity index (χ0) is 16.9. The van der Waals surface area contributed by atoms with Gasteiger partial charge in [0.2, 0.25) is 0 Å². The normalized spacial score (nSPS) is 11.4. The maximum absolute atomic E-state index is 6.01. The Morgan fingerprint density at radius 1 is 1.24 bits per heavy atom. The standard InChI is InChI=1S/C16H18ClN5S2.HI/c1-3-18-16(19-7-14-21-10(2)9-23-14)20-8-15-22-12-6-11(17)4-5-13(12)24-15;/h4-6,9H,3,7-8H2,1-2H3,(H2,18,19,20);1H. The van der Waals surface area contributed by atoms with Gasteiger partial charge in [-0.25, -0.2) is 15.0 Å². The number of nitrogens with zero attached hydrogens (tertiary/aromatic N) is 3. The molecule has 0 atom stereocenters. The summed E-state index contributed by atoms with van der Waals surface area (Å²) >= 11 is 9.30. The molecule has 3 aromatic rings. The lowest BCUT2D eigenvalue weighted by Crippen LogP contribution is -2.36. The molecule has 9 heteroatoms. The molecule has 0 saturated carbocycles. The molecule has 134 valence electrons. The third-order valence-corrected chi connectivity index (χ3v) is 5.41. The number of aromatic nitrogens is 2. The third kappa shape index (κ3) is 5.77. The van der Waals surface area contributed by atoms with Crippen molar-refractivity contribution in [1.82, 2.24) is 20.6 Å². The van der Waals surface area contributed by atoms with Gasteiger partial charge < -0.3 is 10.6 Å². The lowest BCUT2D eigenvalue weighted by Gasteiger charge is -2.09. The van der Waals surface area contributed by atoms with Crippen molar-refractivity contribution in [2.75, 3.05) is 6.54 Å². The maximum atomic E-state index is 6.01. The van der Waals surface area contributed by atoms with E-state index in [0.717, 1.165) is 38.4 Å². The first-order valence-corrected chi connectivity index (χ1v) is 9.69. The zero-order valence-electron chi connectivity index (χ0n) is 13.9. The summed E-state index contributed by atoms with van der Waals surface area (Å²) in [6.07, 6.45) is 0. The Morgan fingerprint density at radius 3 is 2.80 bits per heavy atom. The lowest BCUT2D eigenvalue weighted by atomic mass is 10.3. The van der Waals surface area contributed by atoms with Crippen LogP contribution in [0, 0.1) is 6.92 Å². The summed E-state index contributed by atoms with van der Waals surface area (Å²) in [5, 5.41) is 11.3. The van der Waals surface area contributed by atoms with Crippen LogP contribution < -0.4 is 10.6 Å². The van der Waals surface area contributed by atoms with Gasteiger partial charge in [0.15, 0.2) is 5.96 Å². The van der Waals surface area contributed by atoms with Crippen LogP contribution in [0.15, 0.2) is 28.6 Å². The summed E-state index contributed by atoms with van der Waals surface area (Å²) in [5.74, 6) is 0.766. The van der Waals surface area contributed by atoms with Crippen LogP contribution in [0.4, 0.5) is 0 Å². The molecular formula is C16H19ClIN5S2. The fraction of sp³-hybridized carbons (Fsp3) is 0.312. The Morgan fingerprint density at radius 2 is 2.08 bits per heavy atom. The second-order valence-electron chi connectivity index (χ2n) is 5.15. The summed E-state index contributed by atoms with van der Waals surface area (Å²) in [4.78, 5) is 13.6. The molecule has 0 unspecified atom stereocenters. The number of hydrogen-bond donors (Lipinski definition) is 2. The van der Waals surface area contributed by atoms with Crippen LogP contribution >= 0.6 is 58.3 Å². The largest absolute Gasteiger partial charge is 0.357 e. The fourth-order valence-electron chi connectivity index (χ4n) is 2.15. The molecule has 0 bridgehead atoms. The van der Waals surface area contributed by atoms with E-state index in [-0.39, 0.29) is 24.0 Å². The van der Waals surface area contributed by atoms with Crippen LogP contribution in [0.5, 0.6) is 0 Å². The lowest BCUT2D eigenvalue weighted by molar-refractivity contribution is 0.809. The highest BCUT2D eigenvalue weighted by molar-refractivity contribution is 14.0. The molecule has 0 spiro atoms. The van der Waals surface area contributed by atoms with Crippen LogP contribution in [-0.4, -0.2) is 22.5 Å². The Balaban J connectivity index is 0.00000225. The summed E-state index contributed by atoms with van der Waals surface area (Å²) in [5.41, 5.74) is 1.97. The van der Waals surface area contributed by atoms with E-state index < -0.39 is 0 Å². The molecule has 0 aliphatic heterocycles. The smallest absolute Gasteiger partial charge is 0.192 e. The number of nitrogens with one attached hydrogen (secondary N) is 2. The quantitative estimate of drug-likeness (QED) is 0.301. The van der Waals surface area contributed by atoms with E-state index in [1.807, 2.05) is 37.4 Å². The summed E-state index contributed by atoms with van der Waals surface area (Å²) < 4.78 is 1.13. The summed E-state index contributed by atoms with van der Waals surface area (Å²) in [6.45, 7) is 6.05. The van der Waals surface area contributed by atoms with E-state index in [9.17, 15) is 0 Å². The highest BCUT2D eigenvalue weighted by Crippen LogP contribution is 2.25. The molecule has 0 amide bonds. The van der Waals surface area contributed by atoms with E-state index in [0.29, 0.717) is 18.1 Å². The van der Waals surface area contributed by atoms with Crippen LogP contribution in [0.3, 0.4) is 0 Å². The molecule has 0 aliphatic carbocycles. The predicted molar refractivity (Wildman–Crippen MR) is 119 cm³/mol. The van der Waals surface area contributed by atoms with E-state index in [1.165, 1.54) is 0 Å². The molecule has 2 N–H and O–H groups in total. The Labute approximate surface area is 177 Å². The van der Waals surface area contributed by atoms with Crippen LogP contribution in [0.25, 0.3) is 10.2 Å². The van der Waals surface area contributed by atoms with Gasteiger partial charge in [0.05, 0.1) is 23.3 Å². The van der Waals surface area contributed by atoms with Gasteiger partial charge in [0.25, 0.3) is 0 Å². The zero-order valence-corrected chi connectivity index (χ0v) is 18.6. The molecule has 5 nitrogen and oxygen atoms in total. The molecule has 1 aromatic carbocycles. The van der Waals surface area contributed by atoms with E-state index in [1.54, 1.807) is 22.7 Å². The van der Waals surface area contributed by atoms with E-state index in [4.69, 9.17) is 11.6 Å². The maximum Gasteiger partial charge on any atom is 0.192 e. The third-order valence-electron chi connectivity index (χ3n) is 3.18. The average molecular weight is 508 g/mol. The monoisotopic (exact) mass is 507 g/mol. The first-order valence-electron chi connectivity index (χ1n) is 7.62. The molecule has 3 rings (SSSR count). The summed E-state index contributed by atoms with van der Waals surface area (Å²) in [6, 6.07) is 5.77.